The first kappa shape index (κ1) is 36.0. The van der Waals surface area contributed by atoms with E-state index >= 15 is 0 Å². The molecule has 0 N–H and O–H groups in total. The lowest BCUT2D eigenvalue weighted by Gasteiger charge is -2.36. The molecule has 2 saturated heterocycles. The molecule has 2 spiro atoms. The van der Waals surface area contributed by atoms with E-state index < -0.39 is 22.9 Å². The third-order valence-corrected chi connectivity index (χ3v) is 13.3. The molecule has 8 heteroatoms. The number of likely N-dealkylation sites (N-methyl/N-ethyl adjacent to an activating group) is 4. The summed E-state index contributed by atoms with van der Waals surface area (Å²) in [6, 6.07) is 42.8. The molecule has 8 nitrogen and oxygen atoms in total. The largest absolute Gasteiger partial charge is 0.310 e. The van der Waals surface area contributed by atoms with Gasteiger partial charge in [-0.15, -0.1) is 0 Å². The van der Waals surface area contributed by atoms with Gasteiger partial charge in [0.15, 0.2) is 11.6 Å². The maximum absolute atomic E-state index is 14.9. The molecule has 282 valence electrons. The smallest absolute Gasteiger partial charge is 0.252 e. The van der Waals surface area contributed by atoms with Crippen LogP contribution in [0.1, 0.15) is 68.7 Å². The topological polar surface area (TPSA) is 81.2 Å². The van der Waals surface area contributed by atoms with Crippen molar-refractivity contribution in [2.24, 2.45) is 11.8 Å². The molecule has 56 heavy (non-hydrogen) atoms. The Morgan fingerprint density at radius 1 is 0.518 bits per heavy atom. The predicted molar refractivity (Wildman–Crippen MR) is 218 cm³/mol. The van der Waals surface area contributed by atoms with E-state index in [0.717, 1.165) is 33.6 Å². The van der Waals surface area contributed by atoms with Crippen molar-refractivity contribution >= 4 is 34.8 Å². The summed E-state index contributed by atoms with van der Waals surface area (Å²) in [6.45, 7) is 5.96. The highest BCUT2D eigenvalue weighted by molar-refractivity contribution is 6.14. The van der Waals surface area contributed by atoms with Crippen molar-refractivity contribution in [3.05, 3.63) is 167 Å². The Morgan fingerprint density at radius 3 is 1.21 bits per heavy atom. The molecule has 2 amide bonds. The summed E-state index contributed by atoms with van der Waals surface area (Å²) in [5.41, 5.74) is 4.18. The van der Waals surface area contributed by atoms with E-state index in [9.17, 15) is 19.2 Å². The maximum atomic E-state index is 14.9. The van der Waals surface area contributed by atoms with Gasteiger partial charge in [0.25, 0.3) is 11.8 Å². The van der Waals surface area contributed by atoms with Crippen molar-refractivity contribution in [1.29, 1.82) is 0 Å². The number of fused-ring (bicyclic) bond motifs is 4. The third-order valence-electron chi connectivity index (χ3n) is 13.3. The second-order valence-electron chi connectivity index (χ2n) is 15.7. The lowest BCUT2D eigenvalue weighted by molar-refractivity contribution is -0.129. The van der Waals surface area contributed by atoms with Crippen LogP contribution in [0.25, 0.3) is 0 Å². The first-order valence-electron chi connectivity index (χ1n) is 19.7. The van der Waals surface area contributed by atoms with Gasteiger partial charge in [0, 0.05) is 71.6 Å². The fourth-order valence-corrected chi connectivity index (χ4v) is 10.9. The van der Waals surface area contributed by atoms with Crippen LogP contribution in [-0.4, -0.2) is 73.5 Å². The molecule has 4 heterocycles. The summed E-state index contributed by atoms with van der Waals surface area (Å²) >= 11 is 0. The minimum Gasteiger partial charge on any atom is -0.310 e. The molecule has 2 fully saturated rings. The average Bonchev–Trinajstić information content (AvgIpc) is 3.90. The quantitative estimate of drug-likeness (QED) is 0.156. The van der Waals surface area contributed by atoms with Crippen LogP contribution < -0.4 is 9.80 Å². The minimum atomic E-state index is -1.17. The lowest BCUT2D eigenvalue weighted by atomic mass is 9.69. The molecule has 5 aromatic carbocycles. The zero-order valence-corrected chi connectivity index (χ0v) is 32.3. The summed E-state index contributed by atoms with van der Waals surface area (Å²) in [6.07, 6.45) is 0. The molecule has 6 unspecified atom stereocenters. The zero-order chi connectivity index (χ0) is 38.9. The van der Waals surface area contributed by atoms with Crippen LogP contribution in [0.3, 0.4) is 0 Å². The van der Waals surface area contributed by atoms with Gasteiger partial charge in [0.05, 0.1) is 11.8 Å². The Labute approximate surface area is 328 Å². The van der Waals surface area contributed by atoms with E-state index in [1.165, 1.54) is 0 Å². The Hall–Kier alpha value is -5.70. The van der Waals surface area contributed by atoms with Crippen LogP contribution in [0, 0.1) is 11.8 Å². The second-order valence-corrected chi connectivity index (χ2v) is 15.7. The second kappa shape index (κ2) is 13.5. The molecule has 4 aliphatic rings. The van der Waals surface area contributed by atoms with Gasteiger partial charge >= 0.3 is 0 Å². The number of hydrogen-bond donors (Lipinski definition) is 0. The summed E-state index contributed by atoms with van der Waals surface area (Å²) in [4.78, 5) is 67.2. The van der Waals surface area contributed by atoms with Crippen LogP contribution in [0.4, 0.5) is 11.4 Å². The minimum absolute atomic E-state index is 0.0584. The van der Waals surface area contributed by atoms with E-state index in [1.54, 1.807) is 0 Å². The highest BCUT2D eigenvalue weighted by Gasteiger charge is 2.67. The van der Waals surface area contributed by atoms with Crippen LogP contribution in [0.2, 0.25) is 0 Å². The number of amides is 2. The number of rotatable bonds is 8. The van der Waals surface area contributed by atoms with Gasteiger partial charge in [0.2, 0.25) is 0 Å². The van der Waals surface area contributed by atoms with E-state index in [0.29, 0.717) is 37.3 Å². The first-order valence-corrected chi connectivity index (χ1v) is 19.7. The number of nitrogens with zero attached hydrogens (tertiary/aromatic N) is 4. The van der Waals surface area contributed by atoms with Crippen LogP contribution >= 0.6 is 0 Å². The fraction of sp³-hybridized carbons (Fsp3) is 0.292. The number of likely N-dealkylation sites (tertiary alicyclic amines) is 2. The molecule has 0 aliphatic carbocycles. The van der Waals surface area contributed by atoms with Crippen molar-refractivity contribution in [3.63, 3.8) is 0 Å². The van der Waals surface area contributed by atoms with Crippen molar-refractivity contribution in [2.75, 3.05) is 50.1 Å². The summed E-state index contributed by atoms with van der Waals surface area (Å²) in [5.74, 6) is -2.22. The lowest BCUT2D eigenvalue weighted by Crippen LogP contribution is -2.53. The molecule has 0 saturated carbocycles. The number of para-hydroxylation sites is 2. The van der Waals surface area contributed by atoms with E-state index in [1.807, 2.05) is 147 Å². The van der Waals surface area contributed by atoms with Gasteiger partial charge in [-0.3, -0.25) is 29.0 Å². The van der Waals surface area contributed by atoms with Crippen molar-refractivity contribution < 1.29 is 19.2 Å². The molecule has 0 radical (unpaired) electrons. The Balaban J connectivity index is 1.15. The zero-order valence-electron chi connectivity index (χ0n) is 32.3. The Kier molecular flexibility index (Phi) is 8.67. The average molecular weight is 743 g/mol. The van der Waals surface area contributed by atoms with Gasteiger partial charge in [-0.1, -0.05) is 121 Å². The first-order chi connectivity index (χ1) is 27.2. The molecule has 9 rings (SSSR count). The van der Waals surface area contributed by atoms with Gasteiger partial charge < -0.3 is 9.80 Å². The standard InChI is InChI=1S/C48H46N4O4/c1-5-51-39-23-15-13-21-37(39)47(45(51)55)41(43(53)33-17-9-7-10-18-33)35(29-49(47)3)31-25-27-32(28-26-31)36-30-50(4)48(42(36)44(54)34-19-11-8-12-20-34)38-22-14-16-24-40(38)52(6-2)46(48)56/h7-28,35-36,41-42H,5-6,29-30H2,1-4H3. The highest BCUT2D eigenvalue weighted by atomic mass is 16.2. The van der Waals surface area contributed by atoms with Gasteiger partial charge in [-0.05, 0) is 51.2 Å². The maximum Gasteiger partial charge on any atom is 0.252 e. The van der Waals surface area contributed by atoms with Crippen LogP contribution in [0.5, 0.6) is 0 Å². The molecule has 0 aromatic heterocycles. The fourth-order valence-electron chi connectivity index (χ4n) is 10.9. The predicted octanol–water partition coefficient (Wildman–Crippen LogP) is 7.27. The number of carbonyl (C=O) groups is 4. The number of anilines is 2. The molecule has 0 bridgehead atoms. The molecule has 4 aliphatic heterocycles. The SMILES string of the molecule is CCN1C(=O)C2(c3ccccc31)C(C(=O)c1ccccc1)C(c1ccc(C3CN(C)C4(C(=O)N(CC)c5ccccc54)C3C(=O)c3ccccc3)cc1)CN2C. The highest BCUT2D eigenvalue weighted by Crippen LogP contribution is 2.59. The van der Waals surface area contributed by atoms with Crippen LogP contribution in [0.15, 0.2) is 133 Å². The van der Waals surface area contributed by atoms with Gasteiger partial charge in [-0.25, -0.2) is 0 Å². The number of hydrogen-bond acceptors (Lipinski definition) is 6. The van der Waals surface area contributed by atoms with E-state index in [-0.39, 0.29) is 35.2 Å². The number of Topliss-reactive ketones (excluding diaryl/α,β-unsaturated/α-hetero) is 2. The summed E-state index contributed by atoms with van der Waals surface area (Å²) in [7, 11) is 3.94. The number of benzene rings is 5. The third kappa shape index (κ3) is 4.78. The van der Waals surface area contributed by atoms with E-state index in [4.69, 9.17) is 0 Å². The van der Waals surface area contributed by atoms with Gasteiger partial charge in [-0.2, -0.15) is 0 Å². The number of carbonyl (C=O) groups excluding carboxylic acids is 4. The Bertz CT molecular complexity index is 2200. The van der Waals surface area contributed by atoms with Crippen molar-refractivity contribution in [1.82, 2.24) is 9.80 Å². The summed E-state index contributed by atoms with van der Waals surface area (Å²) < 4.78 is 0. The Morgan fingerprint density at radius 2 is 0.857 bits per heavy atom. The molecular formula is C48H46N4O4. The van der Waals surface area contributed by atoms with E-state index in [2.05, 4.69) is 34.1 Å². The van der Waals surface area contributed by atoms with Crippen molar-refractivity contribution in [2.45, 2.75) is 36.8 Å². The normalized spacial score (nSPS) is 27.1. The van der Waals surface area contributed by atoms with Gasteiger partial charge in [0.1, 0.15) is 11.1 Å². The van der Waals surface area contributed by atoms with Crippen molar-refractivity contribution in [3.8, 4) is 0 Å². The van der Waals surface area contributed by atoms with Crippen LogP contribution in [-0.2, 0) is 20.7 Å². The number of ketones is 2. The molecular weight excluding hydrogens is 697 g/mol. The summed E-state index contributed by atoms with van der Waals surface area (Å²) in [5, 5.41) is 0. The molecule has 6 atom stereocenters. The molecule has 5 aromatic rings. The monoisotopic (exact) mass is 742 g/mol.